The SMILES string of the molecule is COc1ccc(F)cc1CCCC1CC[C@H](CCN)O1. The molecule has 0 bridgehead atoms. The standard InChI is InChI=1S/C16H24FNO2/c1-19-16-8-5-13(17)11-12(16)3-2-4-14-6-7-15(20-14)9-10-18/h5,8,11,14-15H,2-4,6-7,9-10,18H2,1H3/t14?,15-/m1/s1. The van der Waals surface area contributed by atoms with Crippen LogP contribution in [-0.4, -0.2) is 25.9 Å². The average molecular weight is 281 g/mol. The molecule has 2 N–H and O–H groups in total. The van der Waals surface area contributed by atoms with E-state index in [1.165, 1.54) is 6.07 Å². The van der Waals surface area contributed by atoms with Crippen molar-refractivity contribution in [2.24, 2.45) is 5.73 Å². The predicted octanol–water partition coefficient (Wildman–Crippen LogP) is 3.05. The second-order valence-electron chi connectivity index (χ2n) is 5.38. The number of hydrogen-bond acceptors (Lipinski definition) is 3. The van der Waals surface area contributed by atoms with E-state index in [1.807, 2.05) is 0 Å². The molecular formula is C16H24FNO2. The number of rotatable bonds is 7. The van der Waals surface area contributed by atoms with Crippen LogP contribution in [0, 0.1) is 5.82 Å². The van der Waals surface area contributed by atoms with Crippen LogP contribution in [-0.2, 0) is 11.2 Å². The highest BCUT2D eigenvalue weighted by Crippen LogP contribution is 2.27. The maximum Gasteiger partial charge on any atom is 0.123 e. The van der Waals surface area contributed by atoms with E-state index in [0.29, 0.717) is 18.8 Å². The van der Waals surface area contributed by atoms with Crippen LogP contribution >= 0.6 is 0 Å². The molecule has 1 fully saturated rings. The van der Waals surface area contributed by atoms with Crippen LogP contribution in [0.1, 0.15) is 37.7 Å². The predicted molar refractivity (Wildman–Crippen MR) is 77.5 cm³/mol. The first kappa shape index (κ1) is 15.3. The van der Waals surface area contributed by atoms with Gasteiger partial charge in [-0.2, -0.15) is 0 Å². The van der Waals surface area contributed by atoms with Crippen molar-refractivity contribution in [2.75, 3.05) is 13.7 Å². The zero-order valence-electron chi connectivity index (χ0n) is 12.1. The van der Waals surface area contributed by atoms with Gasteiger partial charge < -0.3 is 15.2 Å². The lowest BCUT2D eigenvalue weighted by atomic mass is 10.0. The van der Waals surface area contributed by atoms with Gasteiger partial charge in [0.05, 0.1) is 19.3 Å². The summed E-state index contributed by atoms with van der Waals surface area (Å²) in [5.41, 5.74) is 6.48. The second kappa shape index (κ2) is 7.60. The zero-order valence-corrected chi connectivity index (χ0v) is 12.1. The summed E-state index contributed by atoms with van der Waals surface area (Å²) < 4.78 is 24.5. The lowest BCUT2D eigenvalue weighted by Gasteiger charge is -2.13. The number of methoxy groups -OCH3 is 1. The van der Waals surface area contributed by atoms with Crippen molar-refractivity contribution in [2.45, 2.75) is 50.7 Å². The molecule has 0 aliphatic carbocycles. The second-order valence-corrected chi connectivity index (χ2v) is 5.38. The monoisotopic (exact) mass is 281 g/mol. The third-order valence-electron chi connectivity index (χ3n) is 3.90. The molecule has 0 amide bonds. The lowest BCUT2D eigenvalue weighted by Crippen LogP contribution is -2.15. The van der Waals surface area contributed by atoms with E-state index in [0.717, 1.165) is 49.8 Å². The van der Waals surface area contributed by atoms with Gasteiger partial charge in [-0.1, -0.05) is 0 Å². The largest absolute Gasteiger partial charge is 0.496 e. The minimum absolute atomic E-state index is 0.207. The molecule has 0 aromatic heterocycles. The normalized spacial score (nSPS) is 22.1. The summed E-state index contributed by atoms with van der Waals surface area (Å²) >= 11 is 0. The number of ether oxygens (including phenoxy) is 2. The third-order valence-corrected chi connectivity index (χ3v) is 3.90. The van der Waals surface area contributed by atoms with Crippen molar-refractivity contribution in [1.29, 1.82) is 0 Å². The molecule has 1 unspecified atom stereocenters. The number of nitrogens with two attached hydrogens (primary N) is 1. The maximum atomic E-state index is 13.3. The Morgan fingerprint density at radius 3 is 2.75 bits per heavy atom. The molecule has 1 aromatic carbocycles. The van der Waals surface area contributed by atoms with Crippen molar-refractivity contribution in [3.05, 3.63) is 29.6 Å². The summed E-state index contributed by atoms with van der Waals surface area (Å²) in [6.07, 6.45) is 6.69. The molecule has 112 valence electrons. The Balaban J connectivity index is 1.77. The first-order valence-corrected chi connectivity index (χ1v) is 7.41. The van der Waals surface area contributed by atoms with E-state index < -0.39 is 0 Å². The van der Waals surface area contributed by atoms with Crippen LogP contribution in [0.3, 0.4) is 0 Å². The van der Waals surface area contributed by atoms with Crippen LogP contribution in [0.15, 0.2) is 18.2 Å². The summed E-state index contributed by atoms with van der Waals surface area (Å²) in [4.78, 5) is 0. The van der Waals surface area contributed by atoms with E-state index in [9.17, 15) is 4.39 Å². The molecule has 20 heavy (non-hydrogen) atoms. The molecule has 0 radical (unpaired) electrons. The maximum absolute atomic E-state index is 13.3. The Bertz CT molecular complexity index is 425. The molecule has 1 aromatic rings. The number of aryl methyl sites for hydroxylation is 1. The Morgan fingerprint density at radius 1 is 1.30 bits per heavy atom. The van der Waals surface area contributed by atoms with E-state index in [-0.39, 0.29) is 5.82 Å². The van der Waals surface area contributed by atoms with E-state index in [4.69, 9.17) is 15.2 Å². The van der Waals surface area contributed by atoms with Gasteiger partial charge in [0.15, 0.2) is 0 Å². The first-order chi connectivity index (χ1) is 9.72. The number of benzene rings is 1. The summed E-state index contributed by atoms with van der Waals surface area (Å²) in [5.74, 6) is 0.556. The smallest absolute Gasteiger partial charge is 0.123 e. The van der Waals surface area contributed by atoms with Crippen LogP contribution < -0.4 is 10.5 Å². The molecule has 1 saturated heterocycles. The summed E-state index contributed by atoms with van der Waals surface area (Å²) in [6, 6.07) is 4.68. The van der Waals surface area contributed by atoms with Gasteiger partial charge in [-0.05, 0) is 68.8 Å². The highest BCUT2D eigenvalue weighted by atomic mass is 19.1. The van der Waals surface area contributed by atoms with Gasteiger partial charge >= 0.3 is 0 Å². The topological polar surface area (TPSA) is 44.5 Å². The fourth-order valence-electron chi connectivity index (χ4n) is 2.85. The van der Waals surface area contributed by atoms with Crippen LogP contribution in [0.25, 0.3) is 0 Å². The zero-order chi connectivity index (χ0) is 14.4. The van der Waals surface area contributed by atoms with Gasteiger partial charge in [-0.3, -0.25) is 0 Å². The van der Waals surface area contributed by atoms with Gasteiger partial charge in [-0.25, -0.2) is 4.39 Å². The van der Waals surface area contributed by atoms with Gasteiger partial charge in [-0.15, -0.1) is 0 Å². The van der Waals surface area contributed by atoms with Gasteiger partial charge in [0.2, 0.25) is 0 Å². The van der Waals surface area contributed by atoms with Crippen LogP contribution in [0.5, 0.6) is 5.75 Å². The summed E-state index contributed by atoms with van der Waals surface area (Å²) in [5, 5.41) is 0. The minimum atomic E-state index is -0.207. The molecule has 2 rings (SSSR count). The van der Waals surface area contributed by atoms with Crippen molar-refractivity contribution >= 4 is 0 Å². The van der Waals surface area contributed by atoms with Crippen molar-refractivity contribution in [3.63, 3.8) is 0 Å². The Labute approximate surface area is 120 Å². The first-order valence-electron chi connectivity index (χ1n) is 7.41. The molecule has 0 spiro atoms. The minimum Gasteiger partial charge on any atom is -0.496 e. The molecule has 4 heteroatoms. The molecular weight excluding hydrogens is 257 g/mol. The summed E-state index contributed by atoms with van der Waals surface area (Å²) in [6.45, 7) is 0.692. The van der Waals surface area contributed by atoms with Crippen LogP contribution in [0.4, 0.5) is 4.39 Å². The quantitative estimate of drug-likeness (QED) is 0.835. The van der Waals surface area contributed by atoms with Crippen molar-refractivity contribution in [3.8, 4) is 5.75 Å². The molecule has 0 saturated carbocycles. The molecule has 1 aliphatic heterocycles. The summed E-state index contributed by atoms with van der Waals surface area (Å²) in [7, 11) is 1.62. The number of hydrogen-bond donors (Lipinski definition) is 1. The van der Waals surface area contributed by atoms with Gasteiger partial charge in [0.25, 0.3) is 0 Å². The van der Waals surface area contributed by atoms with Crippen LogP contribution in [0.2, 0.25) is 0 Å². The van der Waals surface area contributed by atoms with Gasteiger partial charge in [0, 0.05) is 0 Å². The van der Waals surface area contributed by atoms with Crippen molar-refractivity contribution in [1.82, 2.24) is 0 Å². The number of halogens is 1. The fraction of sp³-hybridized carbons (Fsp3) is 0.625. The highest BCUT2D eigenvalue weighted by molar-refractivity contribution is 5.33. The molecule has 1 heterocycles. The van der Waals surface area contributed by atoms with E-state index in [1.54, 1.807) is 19.2 Å². The Kier molecular flexibility index (Phi) is 5.80. The van der Waals surface area contributed by atoms with E-state index in [2.05, 4.69) is 0 Å². The fourth-order valence-corrected chi connectivity index (χ4v) is 2.85. The molecule has 2 atom stereocenters. The Morgan fingerprint density at radius 2 is 2.05 bits per heavy atom. The third kappa shape index (κ3) is 4.18. The van der Waals surface area contributed by atoms with Crippen molar-refractivity contribution < 1.29 is 13.9 Å². The Hall–Kier alpha value is -1.13. The van der Waals surface area contributed by atoms with Gasteiger partial charge in [0.1, 0.15) is 11.6 Å². The molecule has 3 nitrogen and oxygen atoms in total. The highest BCUT2D eigenvalue weighted by Gasteiger charge is 2.24. The van der Waals surface area contributed by atoms with E-state index >= 15 is 0 Å². The average Bonchev–Trinajstić information content (AvgIpc) is 2.87. The molecule has 1 aliphatic rings. The lowest BCUT2D eigenvalue weighted by molar-refractivity contribution is 0.0366.